The molecule has 0 aliphatic heterocycles. The standard InChI is InChI=1S/C17H16ClN5O3S3/c1-2-8-27-17-23-22-15(28-17)21-14(24)13-12(18)9-19-16(20-13)29(25,26)10-11-6-4-3-5-7-11/h3-7,9H,2,8,10H2,1H3,(H,21,22,24). The molecule has 0 aliphatic rings. The summed E-state index contributed by atoms with van der Waals surface area (Å²) in [5, 5.41) is 10.2. The number of rotatable bonds is 8. The van der Waals surface area contributed by atoms with Gasteiger partial charge in [0.25, 0.3) is 5.91 Å². The Bertz CT molecular complexity index is 1110. The number of carbonyl (C=O) groups is 1. The predicted molar refractivity (Wildman–Crippen MR) is 113 cm³/mol. The molecule has 0 unspecified atom stereocenters. The lowest BCUT2D eigenvalue weighted by atomic mass is 10.2. The number of nitrogens with zero attached hydrogens (tertiary/aromatic N) is 4. The van der Waals surface area contributed by atoms with Gasteiger partial charge < -0.3 is 0 Å². The van der Waals surface area contributed by atoms with E-state index >= 15 is 0 Å². The van der Waals surface area contributed by atoms with Crippen molar-refractivity contribution < 1.29 is 13.2 Å². The van der Waals surface area contributed by atoms with Gasteiger partial charge in [0.15, 0.2) is 10.0 Å². The Balaban J connectivity index is 1.79. The largest absolute Gasteiger partial charge is 0.295 e. The molecule has 2 heterocycles. The smallest absolute Gasteiger partial charge is 0.277 e. The molecule has 0 radical (unpaired) electrons. The zero-order valence-corrected chi connectivity index (χ0v) is 18.4. The van der Waals surface area contributed by atoms with E-state index in [0.29, 0.717) is 5.56 Å². The zero-order valence-electron chi connectivity index (χ0n) is 15.2. The van der Waals surface area contributed by atoms with E-state index in [1.54, 1.807) is 30.3 Å². The van der Waals surface area contributed by atoms with Crippen molar-refractivity contribution in [1.82, 2.24) is 20.2 Å². The van der Waals surface area contributed by atoms with Crippen LogP contribution in [0.2, 0.25) is 5.02 Å². The number of sulfone groups is 1. The van der Waals surface area contributed by atoms with Crippen molar-refractivity contribution in [1.29, 1.82) is 0 Å². The van der Waals surface area contributed by atoms with Gasteiger partial charge in [-0.3, -0.25) is 10.1 Å². The van der Waals surface area contributed by atoms with Gasteiger partial charge in [0.2, 0.25) is 20.1 Å². The van der Waals surface area contributed by atoms with E-state index in [2.05, 4.69) is 32.4 Å². The molecule has 3 aromatic rings. The molecule has 29 heavy (non-hydrogen) atoms. The molecule has 0 fully saturated rings. The SMILES string of the molecule is CCCSc1nnc(NC(=O)c2nc(S(=O)(=O)Cc3ccccc3)ncc2Cl)s1. The molecule has 1 N–H and O–H groups in total. The van der Waals surface area contributed by atoms with Crippen LogP contribution in [-0.4, -0.2) is 40.2 Å². The summed E-state index contributed by atoms with van der Waals surface area (Å²) in [7, 11) is -3.85. The molecule has 0 bridgehead atoms. The van der Waals surface area contributed by atoms with Crippen LogP contribution in [0.1, 0.15) is 29.4 Å². The third kappa shape index (κ3) is 5.72. The summed E-state index contributed by atoms with van der Waals surface area (Å²) in [6.45, 7) is 2.05. The lowest BCUT2D eigenvalue weighted by Crippen LogP contribution is -2.18. The molecule has 1 amide bonds. The molecule has 0 saturated heterocycles. The quantitative estimate of drug-likeness (QED) is 0.301. The van der Waals surface area contributed by atoms with E-state index in [9.17, 15) is 13.2 Å². The summed E-state index contributed by atoms with van der Waals surface area (Å²) in [6.07, 6.45) is 2.09. The van der Waals surface area contributed by atoms with E-state index in [0.717, 1.165) is 22.7 Å². The van der Waals surface area contributed by atoms with Crippen molar-refractivity contribution in [3.63, 3.8) is 0 Å². The fourth-order valence-electron chi connectivity index (χ4n) is 2.18. The number of carbonyl (C=O) groups excluding carboxylic acids is 1. The number of amides is 1. The fraction of sp³-hybridized carbons (Fsp3) is 0.235. The number of aromatic nitrogens is 4. The molecular weight excluding hydrogens is 454 g/mol. The molecule has 0 atom stereocenters. The first-order valence-corrected chi connectivity index (χ1v) is 12.3. The highest BCUT2D eigenvalue weighted by Gasteiger charge is 2.23. The minimum Gasteiger partial charge on any atom is -0.295 e. The Kier molecular flexibility index (Phi) is 7.17. The summed E-state index contributed by atoms with van der Waals surface area (Å²) in [5.41, 5.74) is 0.342. The van der Waals surface area contributed by atoms with Gasteiger partial charge >= 0.3 is 0 Å². The van der Waals surface area contributed by atoms with Crippen molar-refractivity contribution >= 4 is 55.6 Å². The zero-order chi connectivity index (χ0) is 20.9. The minimum absolute atomic E-state index is 0.0637. The lowest BCUT2D eigenvalue weighted by molar-refractivity contribution is 0.102. The van der Waals surface area contributed by atoms with Crippen molar-refractivity contribution in [2.45, 2.75) is 28.6 Å². The third-order valence-corrected chi connectivity index (χ3v) is 7.39. The van der Waals surface area contributed by atoms with Crippen LogP contribution in [0, 0.1) is 0 Å². The first kappa shape index (κ1) is 21.6. The van der Waals surface area contributed by atoms with Gasteiger partial charge in [-0.15, -0.1) is 10.2 Å². The van der Waals surface area contributed by atoms with Crippen molar-refractivity contribution in [3.8, 4) is 0 Å². The maximum atomic E-state index is 12.6. The van der Waals surface area contributed by atoms with Crippen LogP contribution in [0.5, 0.6) is 0 Å². The van der Waals surface area contributed by atoms with Crippen LogP contribution in [0.15, 0.2) is 46.0 Å². The summed E-state index contributed by atoms with van der Waals surface area (Å²) in [4.78, 5) is 20.2. The highest BCUT2D eigenvalue weighted by atomic mass is 35.5. The van der Waals surface area contributed by atoms with E-state index in [1.807, 2.05) is 0 Å². The topological polar surface area (TPSA) is 115 Å². The predicted octanol–water partition coefficient (Wildman–Crippen LogP) is 3.71. The first-order valence-electron chi connectivity index (χ1n) is 8.46. The molecule has 8 nitrogen and oxygen atoms in total. The van der Waals surface area contributed by atoms with Gasteiger partial charge in [0.1, 0.15) is 0 Å². The second-order valence-corrected chi connectivity index (χ2v) is 10.4. The van der Waals surface area contributed by atoms with Gasteiger partial charge in [-0.1, -0.05) is 72.0 Å². The van der Waals surface area contributed by atoms with Crippen molar-refractivity contribution in [2.24, 2.45) is 0 Å². The van der Waals surface area contributed by atoms with Gasteiger partial charge in [0.05, 0.1) is 17.0 Å². The van der Waals surface area contributed by atoms with Gasteiger partial charge in [-0.25, -0.2) is 18.4 Å². The average Bonchev–Trinajstić information content (AvgIpc) is 3.14. The molecule has 2 aromatic heterocycles. The molecule has 152 valence electrons. The number of hydrogen-bond acceptors (Lipinski definition) is 9. The summed E-state index contributed by atoms with van der Waals surface area (Å²) < 4.78 is 26.0. The second kappa shape index (κ2) is 9.61. The highest BCUT2D eigenvalue weighted by Crippen LogP contribution is 2.26. The van der Waals surface area contributed by atoms with E-state index in [1.165, 1.54) is 23.1 Å². The second-order valence-electron chi connectivity index (χ2n) is 5.77. The third-order valence-electron chi connectivity index (χ3n) is 3.47. The van der Waals surface area contributed by atoms with Crippen molar-refractivity contribution in [2.75, 3.05) is 11.1 Å². The Morgan fingerprint density at radius 2 is 2.00 bits per heavy atom. The summed E-state index contributed by atoms with van der Waals surface area (Å²) in [6, 6.07) is 8.63. The molecular formula is C17H16ClN5O3S3. The van der Waals surface area contributed by atoms with E-state index in [4.69, 9.17) is 11.6 Å². The minimum atomic E-state index is -3.85. The fourth-order valence-corrected chi connectivity index (χ4v) is 5.24. The summed E-state index contributed by atoms with van der Waals surface area (Å²) >= 11 is 8.78. The average molecular weight is 470 g/mol. The van der Waals surface area contributed by atoms with Gasteiger partial charge in [-0.05, 0) is 12.0 Å². The lowest BCUT2D eigenvalue weighted by Gasteiger charge is -2.07. The maximum absolute atomic E-state index is 12.6. The molecule has 0 spiro atoms. The number of nitrogens with one attached hydrogen (secondary N) is 1. The molecule has 12 heteroatoms. The van der Waals surface area contributed by atoms with E-state index < -0.39 is 20.9 Å². The molecule has 0 saturated carbocycles. The Labute approximate surface area is 181 Å². The molecule has 3 rings (SSSR count). The normalized spacial score (nSPS) is 11.4. The number of hydrogen-bond donors (Lipinski definition) is 1. The van der Waals surface area contributed by atoms with Gasteiger partial charge in [0, 0.05) is 5.75 Å². The number of thioether (sulfide) groups is 1. The Morgan fingerprint density at radius 1 is 1.24 bits per heavy atom. The molecule has 1 aromatic carbocycles. The molecule has 0 aliphatic carbocycles. The summed E-state index contributed by atoms with van der Waals surface area (Å²) in [5.74, 6) is -0.0785. The Hall–Kier alpha value is -2.08. The number of halogens is 1. The van der Waals surface area contributed by atoms with Crippen molar-refractivity contribution in [3.05, 3.63) is 52.8 Å². The van der Waals surface area contributed by atoms with Crippen LogP contribution in [0.3, 0.4) is 0 Å². The van der Waals surface area contributed by atoms with Gasteiger partial charge in [-0.2, -0.15) is 0 Å². The monoisotopic (exact) mass is 469 g/mol. The Morgan fingerprint density at radius 3 is 2.72 bits per heavy atom. The van der Waals surface area contributed by atoms with Crippen LogP contribution < -0.4 is 5.32 Å². The van der Waals surface area contributed by atoms with Crippen LogP contribution in [0.25, 0.3) is 0 Å². The number of anilines is 1. The van der Waals surface area contributed by atoms with Crippen LogP contribution in [-0.2, 0) is 15.6 Å². The van der Waals surface area contributed by atoms with Crippen LogP contribution >= 0.6 is 34.7 Å². The van der Waals surface area contributed by atoms with Crippen LogP contribution in [0.4, 0.5) is 5.13 Å². The van der Waals surface area contributed by atoms with E-state index in [-0.39, 0.29) is 21.6 Å². The highest BCUT2D eigenvalue weighted by molar-refractivity contribution is 8.01. The number of benzene rings is 1. The first-order chi connectivity index (χ1) is 13.9. The maximum Gasteiger partial charge on any atom is 0.277 e.